The molecule has 1 heterocycles. The Morgan fingerprint density at radius 3 is 2.62 bits per heavy atom. The molecule has 2 atom stereocenters. The normalized spacial score (nSPS) is 24.6. The van der Waals surface area contributed by atoms with Crippen molar-refractivity contribution in [2.75, 3.05) is 0 Å². The van der Waals surface area contributed by atoms with Gasteiger partial charge >= 0.3 is 5.97 Å². The SMILES string of the molecule is CC1CCCC(=O)CCC(O)/C=C\c2cc(O)cc(O)c2C(=O)O1. The van der Waals surface area contributed by atoms with Crippen LogP contribution in [0.5, 0.6) is 11.5 Å². The van der Waals surface area contributed by atoms with Gasteiger partial charge in [-0.2, -0.15) is 0 Å². The second kappa shape index (κ2) is 7.97. The maximum atomic E-state index is 12.3. The number of esters is 1. The third-order valence-corrected chi connectivity index (χ3v) is 3.93. The van der Waals surface area contributed by atoms with Gasteiger partial charge in [-0.05, 0) is 37.8 Å². The molecule has 0 saturated carbocycles. The number of aromatic hydroxyl groups is 2. The third kappa shape index (κ3) is 4.83. The first kappa shape index (κ1) is 18.0. The van der Waals surface area contributed by atoms with Gasteiger partial charge in [-0.1, -0.05) is 12.2 Å². The molecule has 1 aliphatic heterocycles. The summed E-state index contributed by atoms with van der Waals surface area (Å²) in [6.07, 6.45) is 3.67. The molecule has 0 saturated heterocycles. The van der Waals surface area contributed by atoms with Gasteiger partial charge in [0.15, 0.2) is 0 Å². The lowest BCUT2D eigenvalue weighted by molar-refractivity contribution is -0.119. The van der Waals surface area contributed by atoms with Gasteiger partial charge in [0.25, 0.3) is 0 Å². The number of Topliss-reactive ketones (excluding diaryl/α,β-unsaturated/α-hetero) is 1. The molecule has 6 nitrogen and oxygen atoms in total. The predicted molar refractivity (Wildman–Crippen MR) is 87.8 cm³/mol. The van der Waals surface area contributed by atoms with Crippen molar-refractivity contribution in [1.29, 1.82) is 0 Å². The van der Waals surface area contributed by atoms with Crippen LogP contribution in [0.1, 0.15) is 54.9 Å². The highest BCUT2D eigenvalue weighted by atomic mass is 16.5. The zero-order valence-corrected chi connectivity index (χ0v) is 13.6. The van der Waals surface area contributed by atoms with Crippen LogP contribution < -0.4 is 0 Å². The molecule has 3 N–H and O–H groups in total. The number of benzene rings is 1. The number of ketones is 1. The molecule has 130 valence electrons. The van der Waals surface area contributed by atoms with Crippen molar-refractivity contribution < 1.29 is 29.6 Å². The number of fused-ring (bicyclic) bond motifs is 1. The molecule has 0 aromatic heterocycles. The zero-order chi connectivity index (χ0) is 17.7. The van der Waals surface area contributed by atoms with Crippen LogP contribution in [0, 0.1) is 0 Å². The maximum Gasteiger partial charge on any atom is 0.342 e. The molecular formula is C18H22O6. The quantitative estimate of drug-likeness (QED) is 0.630. The molecule has 24 heavy (non-hydrogen) atoms. The second-order valence-corrected chi connectivity index (χ2v) is 6.04. The van der Waals surface area contributed by atoms with Gasteiger partial charge in [-0.25, -0.2) is 4.79 Å². The number of rotatable bonds is 0. The van der Waals surface area contributed by atoms with Crippen molar-refractivity contribution in [1.82, 2.24) is 0 Å². The topological polar surface area (TPSA) is 104 Å². The van der Waals surface area contributed by atoms with E-state index in [9.17, 15) is 24.9 Å². The van der Waals surface area contributed by atoms with E-state index in [-0.39, 0.29) is 41.3 Å². The number of carbonyl (C=O) groups is 2. The number of cyclic esters (lactones) is 1. The summed E-state index contributed by atoms with van der Waals surface area (Å²) in [7, 11) is 0. The monoisotopic (exact) mass is 334 g/mol. The molecular weight excluding hydrogens is 312 g/mol. The molecule has 0 aliphatic carbocycles. The first-order valence-electron chi connectivity index (χ1n) is 8.01. The smallest absolute Gasteiger partial charge is 0.342 e. The van der Waals surface area contributed by atoms with Crippen molar-refractivity contribution >= 4 is 17.8 Å². The Morgan fingerprint density at radius 1 is 1.12 bits per heavy atom. The third-order valence-electron chi connectivity index (χ3n) is 3.93. The molecule has 0 bridgehead atoms. The lowest BCUT2D eigenvalue weighted by Gasteiger charge is -2.16. The first-order chi connectivity index (χ1) is 11.4. The molecule has 1 aliphatic rings. The van der Waals surface area contributed by atoms with Crippen LogP contribution in [-0.2, 0) is 9.53 Å². The van der Waals surface area contributed by atoms with E-state index in [0.717, 1.165) is 6.07 Å². The average molecular weight is 334 g/mol. The minimum Gasteiger partial charge on any atom is -0.508 e. The van der Waals surface area contributed by atoms with Crippen molar-refractivity contribution in [3.63, 3.8) is 0 Å². The molecule has 0 radical (unpaired) electrons. The van der Waals surface area contributed by atoms with E-state index < -0.39 is 18.2 Å². The second-order valence-electron chi connectivity index (χ2n) is 6.04. The van der Waals surface area contributed by atoms with Crippen LogP contribution in [0.2, 0.25) is 0 Å². The van der Waals surface area contributed by atoms with E-state index in [1.165, 1.54) is 18.2 Å². The van der Waals surface area contributed by atoms with E-state index in [1.807, 2.05) is 0 Å². The van der Waals surface area contributed by atoms with Crippen molar-refractivity contribution in [3.05, 3.63) is 29.3 Å². The maximum absolute atomic E-state index is 12.3. The van der Waals surface area contributed by atoms with Crippen LogP contribution in [0.3, 0.4) is 0 Å². The standard InChI is InChI=1S/C18H22O6/c1-11-3-2-4-13(19)7-8-14(20)6-5-12-9-15(21)10-16(22)17(12)18(23)24-11/h5-6,9-11,14,20-22H,2-4,7-8H2,1H3/b6-5-. The van der Waals surface area contributed by atoms with Crippen molar-refractivity contribution in [2.45, 2.75) is 51.2 Å². The summed E-state index contributed by atoms with van der Waals surface area (Å²) in [6.45, 7) is 1.73. The fourth-order valence-electron chi connectivity index (χ4n) is 2.62. The van der Waals surface area contributed by atoms with Gasteiger partial charge in [0.05, 0.1) is 12.2 Å². The molecule has 0 spiro atoms. The Labute approximate surface area is 140 Å². The van der Waals surface area contributed by atoms with Crippen LogP contribution in [-0.4, -0.2) is 39.3 Å². The summed E-state index contributed by atoms with van der Waals surface area (Å²) in [6, 6.07) is 2.37. The van der Waals surface area contributed by atoms with Gasteiger partial charge in [0.2, 0.25) is 0 Å². The van der Waals surface area contributed by atoms with Crippen molar-refractivity contribution in [3.8, 4) is 11.5 Å². The van der Waals surface area contributed by atoms with E-state index in [4.69, 9.17) is 4.74 Å². The Balaban J connectivity index is 2.37. The van der Waals surface area contributed by atoms with E-state index in [2.05, 4.69) is 0 Å². The average Bonchev–Trinajstić information content (AvgIpc) is 2.49. The molecule has 0 fully saturated rings. The zero-order valence-electron chi connectivity index (χ0n) is 13.6. The number of phenols is 2. The van der Waals surface area contributed by atoms with Gasteiger partial charge < -0.3 is 20.1 Å². The Kier molecular flexibility index (Phi) is 5.98. The molecule has 1 aromatic carbocycles. The first-order valence-corrected chi connectivity index (χ1v) is 8.01. The summed E-state index contributed by atoms with van der Waals surface area (Å²) in [5.41, 5.74) is 0.184. The number of hydrogen-bond donors (Lipinski definition) is 3. The van der Waals surface area contributed by atoms with Crippen LogP contribution in [0.25, 0.3) is 6.08 Å². The van der Waals surface area contributed by atoms with E-state index >= 15 is 0 Å². The van der Waals surface area contributed by atoms with Gasteiger partial charge in [-0.3, -0.25) is 4.79 Å². The van der Waals surface area contributed by atoms with Gasteiger partial charge in [0.1, 0.15) is 22.8 Å². The summed E-state index contributed by atoms with van der Waals surface area (Å²) in [5.74, 6) is -1.24. The number of hydrogen-bond acceptors (Lipinski definition) is 6. The summed E-state index contributed by atoms with van der Waals surface area (Å²) >= 11 is 0. The summed E-state index contributed by atoms with van der Waals surface area (Å²) in [4.78, 5) is 24.1. The summed E-state index contributed by atoms with van der Waals surface area (Å²) < 4.78 is 5.32. The Bertz CT molecular complexity index is 649. The Hall–Kier alpha value is -2.34. The Morgan fingerprint density at radius 2 is 1.88 bits per heavy atom. The van der Waals surface area contributed by atoms with E-state index in [0.29, 0.717) is 19.3 Å². The highest BCUT2D eigenvalue weighted by Crippen LogP contribution is 2.30. The fraction of sp³-hybridized carbons (Fsp3) is 0.444. The minimum absolute atomic E-state index is 0.0590. The van der Waals surface area contributed by atoms with Crippen molar-refractivity contribution in [2.24, 2.45) is 0 Å². The molecule has 6 heteroatoms. The molecule has 2 rings (SSSR count). The minimum atomic E-state index is -0.857. The summed E-state index contributed by atoms with van der Waals surface area (Å²) in [5, 5.41) is 29.6. The molecule has 0 amide bonds. The lowest BCUT2D eigenvalue weighted by atomic mass is 10.0. The predicted octanol–water partition coefficient (Wildman–Crippen LogP) is 2.55. The van der Waals surface area contributed by atoms with Crippen LogP contribution in [0.4, 0.5) is 0 Å². The number of aliphatic hydroxyl groups is 1. The van der Waals surface area contributed by atoms with Crippen LogP contribution in [0.15, 0.2) is 18.2 Å². The van der Waals surface area contributed by atoms with Gasteiger partial charge in [0, 0.05) is 18.9 Å². The highest BCUT2D eigenvalue weighted by Gasteiger charge is 2.21. The number of ether oxygens (including phenoxy) is 1. The van der Waals surface area contributed by atoms with E-state index in [1.54, 1.807) is 6.92 Å². The number of phenolic OH excluding ortho intramolecular Hbond substituents is 2. The largest absolute Gasteiger partial charge is 0.508 e. The molecule has 2 unspecified atom stereocenters. The number of aliphatic hydroxyl groups excluding tert-OH is 1. The lowest BCUT2D eigenvalue weighted by Crippen LogP contribution is -2.17. The van der Waals surface area contributed by atoms with Crippen LogP contribution >= 0.6 is 0 Å². The number of carbonyl (C=O) groups excluding carboxylic acids is 2. The fourth-order valence-corrected chi connectivity index (χ4v) is 2.62. The highest BCUT2D eigenvalue weighted by molar-refractivity contribution is 5.97. The van der Waals surface area contributed by atoms with Gasteiger partial charge in [-0.15, -0.1) is 0 Å². The molecule has 1 aromatic rings.